The van der Waals surface area contributed by atoms with E-state index in [1.807, 2.05) is 20.8 Å². The maximum Gasteiger partial charge on any atom is 0.292 e. The summed E-state index contributed by atoms with van der Waals surface area (Å²) < 4.78 is 42.4. The molecule has 48 heavy (non-hydrogen) atoms. The zero-order chi connectivity index (χ0) is 35.8. The van der Waals surface area contributed by atoms with Crippen LogP contribution in [0.25, 0.3) is 0 Å². The van der Waals surface area contributed by atoms with Gasteiger partial charge in [-0.25, -0.2) is 0 Å². The van der Waals surface area contributed by atoms with Crippen molar-refractivity contribution >= 4 is 39.7 Å². The number of methoxy groups -OCH3 is 1. The molecule has 0 aromatic heterocycles. The van der Waals surface area contributed by atoms with Crippen LogP contribution in [0.2, 0.25) is 0 Å². The number of hydrogen-bond donors (Lipinski definition) is 3. The molecule has 3 N–H and O–H groups in total. The third kappa shape index (κ3) is 7.93. The topological polar surface area (TPSA) is 173 Å². The molecule has 262 valence electrons. The van der Waals surface area contributed by atoms with E-state index in [0.717, 1.165) is 32.1 Å². The first kappa shape index (κ1) is 37.5. The van der Waals surface area contributed by atoms with Gasteiger partial charge in [0.2, 0.25) is 11.7 Å². The van der Waals surface area contributed by atoms with Gasteiger partial charge in [0.15, 0.2) is 17.9 Å². The number of aldehydes is 1. The lowest BCUT2D eigenvalue weighted by atomic mass is 9.67. The van der Waals surface area contributed by atoms with Gasteiger partial charge in [0.25, 0.3) is 10.1 Å². The minimum absolute atomic E-state index is 0.0160. The van der Waals surface area contributed by atoms with Crippen molar-refractivity contribution in [2.45, 2.75) is 105 Å². The molecule has 0 heterocycles. The number of allylic oxidation sites excluding steroid dienone is 1. The highest BCUT2D eigenvalue weighted by atomic mass is 32.2. The molecule has 12 heteroatoms. The van der Waals surface area contributed by atoms with Crippen molar-refractivity contribution in [1.29, 1.82) is 0 Å². The van der Waals surface area contributed by atoms with Gasteiger partial charge in [-0.2, -0.15) is 8.42 Å². The molecule has 0 aliphatic heterocycles. The van der Waals surface area contributed by atoms with Gasteiger partial charge >= 0.3 is 0 Å². The monoisotopic (exact) mass is 684 g/mol. The van der Waals surface area contributed by atoms with Crippen LogP contribution in [-0.4, -0.2) is 67.8 Å². The third-order valence-corrected chi connectivity index (χ3v) is 10.6. The second-order valence-corrected chi connectivity index (χ2v) is 16.9. The Hall–Kier alpha value is -3.32. The smallest absolute Gasteiger partial charge is 0.292 e. The van der Waals surface area contributed by atoms with Crippen molar-refractivity contribution < 1.29 is 41.7 Å². The molecule has 0 spiro atoms. The van der Waals surface area contributed by atoms with Gasteiger partial charge in [-0.05, 0) is 30.1 Å². The van der Waals surface area contributed by atoms with E-state index in [9.17, 15) is 36.9 Å². The predicted molar refractivity (Wildman–Crippen MR) is 180 cm³/mol. The number of benzene rings is 1. The Morgan fingerprint density at radius 3 is 2.08 bits per heavy atom. The van der Waals surface area contributed by atoms with Crippen molar-refractivity contribution in [2.24, 2.45) is 22.7 Å². The molecule has 4 unspecified atom stereocenters. The highest BCUT2D eigenvalue weighted by Crippen LogP contribution is 2.42. The highest BCUT2D eigenvalue weighted by molar-refractivity contribution is 7.89. The van der Waals surface area contributed by atoms with Crippen LogP contribution in [0.1, 0.15) is 107 Å². The summed E-state index contributed by atoms with van der Waals surface area (Å²) in [5, 5.41) is 6.00. The summed E-state index contributed by atoms with van der Waals surface area (Å²) in [5.41, 5.74) is -1.96. The SMILES string of the molecule is COC(CC(C)(C)C)C(C(=O)C=O)C(C(=O)NC1=C(S(=O)(=O)O)CC(NC2CCCCC2)C2=C1C(=O)c1ccccc1C2=O)C(C)(C)C. The van der Waals surface area contributed by atoms with Gasteiger partial charge in [0, 0.05) is 42.3 Å². The van der Waals surface area contributed by atoms with Crippen LogP contribution >= 0.6 is 0 Å². The van der Waals surface area contributed by atoms with E-state index in [0.29, 0.717) is 6.42 Å². The van der Waals surface area contributed by atoms with Gasteiger partial charge in [-0.3, -0.25) is 28.5 Å². The Bertz CT molecular complexity index is 1650. The van der Waals surface area contributed by atoms with E-state index in [-0.39, 0.29) is 40.0 Å². The Morgan fingerprint density at radius 2 is 1.58 bits per heavy atom. The number of ether oxygens (including phenoxy) is 1. The lowest BCUT2D eigenvalue weighted by molar-refractivity contribution is -0.147. The Balaban J connectivity index is 1.91. The number of amides is 1. The quantitative estimate of drug-likeness (QED) is 0.167. The standard InChI is InChI=1S/C36H48N2O9S/c1-35(2,3)18-25(47-7)28(24(40)19-39)30(36(4,5)6)34(43)38-31-26(48(44,45)46)17-23(37-20-13-9-8-10-14-20)27-29(31)33(42)22-16-12-11-15-21(22)32(27)41/h11-12,15-16,19-20,23,25,28,30,37H,8-10,13-14,17-18H2,1-7H3,(H,38,43)(H,44,45,46). The van der Waals surface area contributed by atoms with Crippen LogP contribution in [0.15, 0.2) is 46.0 Å². The Kier molecular flexibility index (Phi) is 11.1. The van der Waals surface area contributed by atoms with Gasteiger partial charge in [0.1, 0.15) is 0 Å². The summed E-state index contributed by atoms with van der Waals surface area (Å²) in [6.45, 7) is 10.9. The van der Waals surface area contributed by atoms with Crippen LogP contribution in [0.5, 0.6) is 0 Å². The molecule has 1 amide bonds. The van der Waals surface area contributed by atoms with Crippen molar-refractivity contribution in [2.75, 3.05) is 7.11 Å². The minimum Gasteiger partial charge on any atom is -0.381 e. The fourth-order valence-corrected chi connectivity index (χ4v) is 8.25. The van der Waals surface area contributed by atoms with E-state index in [1.165, 1.54) is 19.2 Å². The van der Waals surface area contributed by atoms with Gasteiger partial charge in [0.05, 0.1) is 34.1 Å². The fraction of sp³-hybridized carbons (Fsp3) is 0.583. The summed E-state index contributed by atoms with van der Waals surface area (Å²) in [6, 6.07) is 5.21. The molecule has 1 aromatic rings. The molecule has 3 aliphatic carbocycles. The molecular formula is C36H48N2O9S. The second kappa shape index (κ2) is 14.3. The molecule has 3 aliphatic rings. The number of fused-ring (bicyclic) bond motifs is 1. The number of hydrogen-bond acceptors (Lipinski definition) is 9. The maximum absolute atomic E-state index is 14.5. The number of nitrogens with one attached hydrogen (secondary N) is 2. The van der Waals surface area contributed by atoms with Crippen molar-refractivity contribution in [1.82, 2.24) is 10.6 Å². The first-order valence-electron chi connectivity index (χ1n) is 16.5. The first-order valence-corrected chi connectivity index (χ1v) is 18.0. The number of carbonyl (C=O) groups is 5. The third-order valence-electron chi connectivity index (χ3n) is 9.56. The Labute approximate surface area is 283 Å². The van der Waals surface area contributed by atoms with Gasteiger partial charge in [-0.15, -0.1) is 0 Å². The van der Waals surface area contributed by atoms with Crippen molar-refractivity contribution in [3.8, 4) is 0 Å². The van der Waals surface area contributed by atoms with Crippen molar-refractivity contribution in [3.05, 3.63) is 57.1 Å². The molecule has 0 saturated heterocycles. The van der Waals surface area contributed by atoms with E-state index < -0.39 is 79.8 Å². The van der Waals surface area contributed by atoms with E-state index >= 15 is 0 Å². The van der Waals surface area contributed by atoms with E-state index in [2.05, 4.69) is 10.6 Å². The van der Waals surface area contributed by atoms with E-state index in [4.69, 9.17) is 4.74 Å². The largest absolute Gasteiger partial charge is 0.381 e. The lowest BCUT2D eigenvalue weighted by Crippen LogP contribution is -2.52. The molecule has 1 aromatic carbocycles. The summed E-state index contributed by atoms with van der Waals surface area (Å²) >= 11 is 0. The molecule has 1 saturated carbocycles. The normalized spacial score (nSPS) is 21.3. The maximum atomic E-state index is 14.5. The molecule has 1 fully saturated rings. The number of carbonyl (C=O) groups excluding carboxylic acids is 5. The predicted octanol–water partition coefficient (Wildman–Crippen LogP) is 4.77. The zero-order valence-corrected chi connectivity index (χ0v) is 29.7. The lowest BCUT2D eigenvalue weighted by Gasteiger charge is -2.40. The molecule has 4 atom stereocenters. The first-order chi connectivity index (χ1) is 22.3. The number of rotatable bonds is 11. The molecule has 11 nitrogen and oxygen atoms in total. The molecular weight excluding hydrogens is 636 g/mol. The summed E-state index contributed by atoms with van der Waals surface area (Å²) in [5.74, 6) is -5.43. The molecule has 4 rings (SSSR count). The highest BCUT2D eigenvalue weighted by Gasteiger charge is 2.49. The van der Waals surface area contributed by atoms with E-state index in [1.54, 1.807) is 32.9 Å². The average Bonchev–Trinajstić information content (AvgIpc) is 3.00. The van der Waals surface area contributed by atoms with Crippen LogP contribution in [0.4, 0.5) is 0 Å². The Morgan fingerprint density at radius 1 is 1.00 bits per heavy atom. The summed E-state index contributed by atoms with van der Waals surface area (Å²) in [6.07, 6.45) is 3.71. The van der Waals surface area contributed by atoms with Crippen molar-refractivity contribution in [3.63, 3.8) is 0 Å². The van der Waals surface area contributed by atoms with Gasteiger partial charge < -0.3 is 15.4 Å². The van der Waals surface area contributed by atoms with Gasteiger partial charge in [-0.1, -0.05) is 85.1 Å². The number of ketones is 3. The summed E-state index contributed by atoms with van der Waals surface area (Å²) in [7, 11) is -3.64. The minimum atomic E-state index is -5.03. The molecule has 0 bridgehead atoms. The molecule has 0 radical (unpaired) electrons. The van der Waals surface area contributed by atoms with Crippen LogP contribution < -0.4 is 10.6 Å². The average molecular weight is 685 g/mol. The van der Waals surface area contributed by atoms with Crippen LogP contribution in [0.3, 0.4) is 0 Å². The second-order valence-electron chi connectivity index (χ2n) is 15.4. The zero-order valence-electron chi connectivity index (χ0n) is 28.8. The summed E-state index contributed by atoms with van der Waals surface area (Å²) in [4.78, 5) is 67.6. The van der Waals surface area contributed by atoms with Crippen LogP contribution in [-0.2, 0) is 29.2 Å². The number of Topliss-reactive ketones (excluding diaryl/α,β-unsaturated/α-hetero) is 3. The van der Waals surface area contributed by atoms with Crippen LogP contribution in [0, 0.1) is 22.7 Å². The fourth-order valence-electron chi connectivity index (χ4n) is 7.46.